The van der Waals surface area contributed by atoms with Crippen LogP contribution in [-0.2, 0) is 11.3 Å². The summed E-state index contributed by atoms with van der Waals surface area (Å²) < 4.78 is 14.5. The number of ketones is 1. The van der Waals surface area contributed by atoms with Crippen molar-refractivity contribution < 1.29 is 14.3 Å². The summed E-state index contributed by atoms with van der Waals surface area (Å²) in [7, 11) is 0. The lowest BCUT2D eigenvalue weighted by molar-refractivity contribution is -0.151. The van der Waals surface area contributed by atoms with Gasteiger partial charge in [-0.2, -0.15) is 9.90 Å². The molecule has 0 amide bonds. The number of halogens is 1. The van der Waals surface area contributed by atoms with E-state index in [-0.39, 0.29) is 35.0 Å². The highest BCUT2D eigenvalue weighted by Gasteiger charge is 2.61. The van der Waals surface area contributed by atoms with Crippen LogP contribution in [0.25, 0.3) is 11.0 Å². The maximum absolute atomic E-state index is 14.5. The van der Waals surface area contributed by atoms with E-state index in [0.717, 1.165) is 38.5 Å². The van der Waals surface area contributed by atoms with Crippen molar-refractivity contribution in [1.29, 1.82) is 0 Å². The van der Waals surface area contributed by atoms with Crippen molar-refractivity contribution in [3.8, 4) is 0 Å². The molecule has 0 bridgehead atoms. The minimum atomic E-state index is -0.502. The Morgan fingerprint density at radius 1 is 1.03 bits per heavy atom. The summed E-state index contributed by atoms with van der Waals surface area (Å²) in [5, 5.41) is 19.5. The Morgan fingerprint density at radius 2 is 1.80 bits per heavy atom. The number of aryl methyl sites for hydroxylation is 1. The molecule has 0 saturated heterocycles. The van der Waals surface area contributed by atoms with Gasteiger partial charge in [0, 0.05) is 5.92 Å². The summed E-state index contributed by atoms with van der Waals surface area (Å²) in [4.78, 5) is 15.0. The van der Waals surface area contributed by atoms with E-state index >= 15 is 0 Å². The van der Waals surface area contributed by atoms with E-state index in [1.54, 1.807) is 19.1 Å². The van der Waals surface area contributed by atoms with Crippen LogP contribution in [0.5, 0.6) is 0 Å². The van der Waals surface area contributed by atoms with Crippen molar-refractivity contribution in [2.24, 2.45) is 40.4 Å². The van der Waals surface area contributed by atoms with Crippen molar-refractivity contribution in [1.82, 2.24) is 15.0 Å². The van der Waals surface area contributed by atoms with Gasteiger partial charge in [-0.1, -0.05) is 19.9 Å². The Morgan fingerprint density at radius 3 is 2.60 bits per heavy atom. The van der Waals surface area contributed by atoms with Crippen LogP contribution < -0.4 is 0 Å². The molecule has 6 heteroatoms. The molecule has 4 fully saturated rings. The van der Waals surface area contributed by atoms with Gasteiger partial charge in [0.15, 0.2) is 11.6 Å². The Hall–Kier alpha value is -1.82. The number of Topliss-reactive ketones (excluding diaryl/α,β-unsaturated/α-hetero) is 1. The van der Waals surface area contributed by atoms with Gasteiger partial charge >= 0.3 is 0 Å². The average molecular weight is 482 g/mol. The van der Waals surface area contributed by atoms with Gasteiger partial charge in [0.1, 0.15) is 17.6 Å². The zero-order valence-electron chi connectivity index (χ0n) is 21.7. The predicted molar refractivity (Wildman–Crippen MR) is 133 cm³/mol. The molecule has 4 saturated carbocycles. The molecule has 1 aromatic carbocycles. The van der Waals surface area contributed by atoms with Gasteiger partial charge in [0.25, 0.3) is 0 Å². The van der Waals surface area contributed by atoms with E-state index in [9.17, 15) is 14.3 Å². The second kappa shape index (κ2) is 7.84. The maximum Gasteiger partial charge on any atom is 0.159 e. The molecule has 4 aliphatic carbocycles. The smallest absolute Gasteiger partial charge is 0.159 e. The van der Waals surface area contributed by atoms with Gasteiger partial charge in [0.05, 0.1) is 5.60 Å². The average Bonchev–Trinajstić information content (AvgIpc) is 3.37. The molecule has 4 aliphatic rings. The number of nitrogens with zero attached hydrogens (tertiary/aromatic N) is 3. The molecule has 0 unspecified atom stereocenters. The van der Waals surface area contributed by atoms with Gasteiger partial charge in [-0.25, -0.2) is 4.39 Å². The Bertz CT molecular complexity index is 1170. The standard InChI is InChI=1S/C29H40FN3O2/c1-17-5-10-23-26(25(17)30)32-33(31-23)16-24(34)22-9-8-20-19-7-6-18-15-27(2,35)13-14-28(18,3)21(19)11-12-29(20,22)4/h5,10,18-22,35H,6-9,11-16H2,1-4H3/t18-,19+,20+,21+,22-,27-,28+,29+/m1/s1. The number of carbonyl (C=O) groups is 1. The topological polar surface area (TPSA) is 68.0 Å². The highest BCUT2D eigenvalue weighted by molar-refractivity contribution is 5.82. The van der Waals surface area contributed by atoms with Gasteiger partial charge in [-0.15, -0.1) is 5.10 Å². The van der Waals surface area contributed by atoms with Crippen LogP contribution in [0.4, 0.5) is 4.39 Å². The molecule has 1 N–H and O–H groups in total. The Balaban J connectivity index is 1.21. The molecular formula is C29H40FN3O2. The molecular weight excluding hydrogens is 441 g/mol. The molecule has 2 aromatic rings. The minimum absolute atomic E-state index is 0.0340. The third-order valence-corrected chi connectivity index (χ3v) is 11.4. The monoisotopic (exact) mass is 481 g/mol. The van der Waals surface area contributed by atoms with Gasteiger partial charge in [0.2, 0.25) is 0 Å². The lowest BCUT2D eigenvalue weighted by atomic mass is 9.44. The van der Waals surface area contributed by atoms with Gasteiger partial charge in [-0.3, -0.25) is 4.79 Å². The summed E-state index contributed by atoms with van der Waals surface area (Å²) in [6, 6.07) is 3.49. The van der Waals surface area contributed by atoms with Crippen LogP contribution in [0.2, 0.25) is 0 Å². The van der Waals surface area contributed by atoms with Crippen LogP contribution in [0.1, 0.15) is 84.1 Å². The first-order valence-electron chi connectivity index (χ1n) is 13.8. The summed E-state index contributed by atoms with van der Waals surface area (Å²) >= 11 is 0. The first-order valence-corrected chi connectivity index (χ1v) is 13.8. The quantitative estimate of drug-likeness (QED) is 0.596. The summed E-state index contributed by atoms with van der Waals surface area (Å²) in [6.45, 7) is 8.76. The molecule has 0 aliphatic heterocycles. The number of hydrogen-bond donors (Lipinski definition) is 1. The van der Waals surface area contributed by atoms with Crippen molar-refractivity contribution in [3.63, 3.8) is 0 Å². The molecule has 6 rings (SSSR count). The van der Waals surface area contributed by atoms with Crippen LogP contribution in [-0.4, -0.2) is 31.5 Å². The van der Waals surface area contributed by atoms with E-state index in [2.05, 4.69) is 24.0 Å². The Labute approximate surface area is 207 Å². The lowest BCUT2D eigenvalue weighted by Gasteiger charge is -2.61. The number of aliphatic hydroxyl groups is 1. The molecule has 5 nitrogen and oxygen atoms in total. The molecule has 190 valence electrons. The zero-order valence-corrected chi connectivity index (χ0v) is 21.7. The van der Waals surface area contributed by atoms with Crippen LogP contribution >= 0.6 is 0 Å². The second-order valence-corrected chi connectivity index (χ2v) is 13.3. The van der Waals surface area contributed by atoms with Crippen molar-refractivity contribution in [2.75, 3.05) is 0 Å². The molecule has 35 heavy (non-hydrogen) atoms. The fourth-order valence-electron chi connectivity index (χ4n) is 9.37. The number of aromatic nitrogens is 3. The number of fused-ring (bicyclic) bond motifs is 6. The van der Waals surface area contributed by atoms with Crippen molar-refractivity contribution >= 4 is 16.8 Å². The molecule has 0 spiro atoms. The van der Waals surface area contributed by atoms with Gasteiger partial charge in [-0.05, 0) is 118 Å². The predicted octanol–water partition coefficient (Wildman–Crippen LogP) is 5.86. The van der Waals surface area contributed by atoms with E-state index in [1.807, 2.05) is 6.92 Å². The SMILES string of the molecule is Cc1ccc2nn(CC(=O)[C@H]3CC[C@H]4[C@@H]5CC[C@@H]6C[C@](C)(O)CC[C@]6(C)[C@H]5CC[C@]34C)nc2c1F. The number of rotatable bonds is 3. The van der Waals surface area contributed by atoms with E-state index in [1.165, 1.54) is 24.1 Å². The summed E-state index contributed by atoms with van der Waals surface area (Å²) in [5.41, 5.74) is 1.17. The first kappa shape index (κ1) is 23.6. The highest BCUT2D eigenvalue weighted by atomic mass is 19.1. The molecule has 0 radical (unpaired) electrons. The van der Waals surface area contributed by atoms with Crippen LogP contribution in [0.3, 0.4) is 0 Å². The molecule has 8 atom stereocenters. The summed E-state index contributed by atoms with van der Waals surface area (Å²) in [5.74, 6) is 2.53. The van der Waals surface area contributed by atoms with E-state index in [0.29, 0.717) is 40.2 Å². The molecule has 1 aromatic heterocycles. The van der Waals surface area contributed by atoms with E-state index < -0.39 is 5.60 Å². The highest BCUT2D eigenvalue weighted by Crippen LogP contribution is 2.68. The van der Waals surface area contributed by atoms with E-state index in [4.69, 9.17) is 0 Å². The first-order chi connectivity index (χ1) is 16.5. The number of benzene rings is 1. The minimum Gasteiger partial charge on any atom is -0.390 e. The van der Waals surface area contributed by atoms with Crippen molar-refractivity contribution in [2.45, 2.75) is 97.6 Å². The Kier molecular flexibility index (Phi) is 5.28. The third kappa shape index (κ3) is 3.53. The number of hydrogen-bond acceptors (Lipinski definition) is 4. The lowest BCUT2D eigenvalue weighted by Crippen LogP contribution is -2.55. The normalized spacial score (nSPS) is 43.0. The zero-order chi connectivity index (χ0) is 24.8. The van der Waals surface area contributed by atoms with Crippen molar-refractivity contribution in [3.05, 3.63) is 23.5 Å². The number of carbonyl (C=O) groups excluding carboxylic acids is 1. The summed E-state index contributed by atoms with van der Waals surface area (Å²) in [6.07, 6.45) is 9.84. The van der Waals surface area contributed by atoms with Crippen LogP contribution in [0.15, 0.2) is 12.1 Å². The largest absolute Gasteiger partial charge is 0.390 e. The second-order valence-electron chi connectivity index (χ2n) is 13.3. The molecule has 1 heterocycles. The van der Waals surface area contributed by atoms with Gasteiger partial charge < -0.3 is 5.11 Å². The fourth-order valence-corrected chi connectivity index (χ4v) is 9.37. The third-order valence-electron chi connectivity index (χ3n) is 11.4. The van der Waals surface area contributed by atoms with Crippen LogP contribution in [0, 0.1) is 53.2 Å². The fraction of sp³-hybridized carbons (Fsp3) is 0.759. The maximum atomic E-state index is 14.5.